The minimum Gasteiger partial charge on any atom is -0.258 e. The van der Waals surface area contributed by atoms with Crippen LogP contribution in [0.3, 0.4) is 0 Å². The van der Waals surface area contributed by atoms with E-state index < -0.39 is 24.6 Å². The Labute approximate surface area is 103 Å². The summed E-state index contributed by atoms with van der Waals surface area (Å²) in [5, 5.41) is 10.5. The third-order valence-electron chi connectivity index (χ3n) is 1.44. The van der Waals surface area contributed by atoms with Crippen LogP contribution in [-0.4, -0.2) is 13.3 Å². The summed E-state index contributed by atoms with van der Waals surface area (Å²) in [6.45, 7) is 0. The van der Waals surface area contributed by atoms with Gasteiger partial charge in [0.15, 0.2) is 0 Å². The predicted molar refractivity (Wildman–Crippen MR) is 58.8 cm³/mol. The molecule has 9 heteroatoms. The maximum Gasteiger partial charge on any atom is 0.286 e. The van der Waals surface area contributed by atoms with Crippen LogP contribution in [-0.2, 0) is 9.05 Å². The highest BCUT2D eigenvalue weighted by Gasteiger charge is 2.24. The van der Waals surface area contributed by atoms with Crippen molar-refractivity contribution in [2.45, 2.75) is 4.90 Å². The van der Waals surface area contributed by atoms with Crippen molar-refractivity contribution in [1.82, 2.24) is 0 Å². The van der Waals surface area contributed by atoms with Crippen LogP contribution in [0, 0.1) is 10.1 Å². The lowest BCUT2D eigenvalue weighted by molar-refractivity contribution is -0.385. The average Bonchev–Trinajstić information content (AvgIpc) is 2.06. The zero-order valence-electron chi connectivity index (χ0n) is 6.78. The normalized spacial score (nSPS) is 11.4. The number of hydrogen-bond donors (Lipinski definition) is 0. The number of nitrogens with zero attached hydrogens (tertiary/aromatic N) is 1. The summed E-state index contributed by atoms with van der Waals surface area (Å²) in [7, 11) is 0.998. The molecule has 1 rings (SSSR count). The molecule has 0 radical (unpaired) electrons. The summed E-state index contributed by atoms with van der Waals surface area (Å²) < 4.78 is 21.9. The van der Waals surface area contributed by atoms with E-state index in [1.807, 2.05) is 0 Å². The van der Waals surface area contributed by atoms with Crippen molar-refractivity contribution in [1.29, 1.82) is 0 Å². The van der Waals surface area contributed by atoms with Gasteiger partial charge in [-0.1, -0.05) is 11.6 Å². The monoisotopic (exact) mass is 333 g/mol. The molecule has 0 spiro atoms. The summed E-state index contributed by atoms with van der Waals surface area (Å²) in [6.07, 6.45) is 0. The van der Waals surface area contributed by atoms with Crippen molar-refractivity contribution < 1.29 is 13.3 Å². The molecule has 1 aromatic carbocycles. The molecule has 1 aromatic rings. The first kappa shape index (κ1) is 12.7. The predicted octanol–water partition coefficient (Wildman–Crippen LogP) is 2.94. The van der Waals surface area contributed by atoms with Crippen LogP contribution in [0.2, 0.25) is 5.02 Å². The van der Waals surface area contributed by atoms with E-state index in [4.69, 9.17) is 22.3 Å². The highest BCUT2D eigenvalue weighted by molar-refractivity contribution is 9.10. The fraction of sp³-hybridized carbons (Fsp3) is 0. The SMILES string of the molecule is O=[N+]([O-])c1cc(Cl)cc(S(=O)(=O)Cl)c1Br. The number of benzene rings is 1. The molecule has 5 nitrogen and oxygen atoms in total. The molecule has 82 valence electrons. The van der Waals surface area contributed by atoms with Gasteiger partial charge in [-0.25, -0.2) is 8.42 Å². The molecule has 0 saturated heterocycles. The fourth-order valence-electron chi connectivity index (χ4n) is 0.861. The quantitative estimate of drug-likeness (QED) is 0.473. The standard InChI is InChI=1S/C6H2BrCl2NO4S/c7-6-4(10(11)12)1-3(8)2-5(6)15(9,13)14/h1-2H. The topological polar surface area (TPSA) is 77.3 Å². The molecule has 15 heavy (non-hydrogen) atoms. The Morgan fingerprint density at radius 2 is 1.93 bits per heavy atom. The van der Waals surface area contributed by atoms with E-state index in [-0.39, 0.29) is 9.50 Å². The van der Waals surface area contributed by atoms with E-state index in [1.54, 1.807) is 0 Å². The van der Waals surface area contributed by atoms with E-state index in [0.717, 1.165) is 12.1 Å². The molecule has 0 bridgehead atoms. The second kappa shape index (κ2) is 4.25. The van der Waals surface area contributed by atoms with Crippen LogP contribution >= 0.6 is 38.2 Å². The number of hydrogen-bond acceptors (Lipinski definition) is 4. The van der Waals surface area contributed by atoms with Crippen molar-refractivity contribution >= 4 is 53.0 Å². The lowest BCUT2D eigenvalue weighted by Gasteiger charge is -2.02. The van der Waals surface area contributed by atoms with Gasteiger partial charge in [-0.05, 0) is 22.0 Å². The molecule has 0 saturated carbocycles. The van der Waals surface area contributed by atoms with E-state index in [9.17, 15) is 18.5 Å². The van der Waals surface area contributed by atoms with Gasteiger partial charge >= 0.3 is 0 Å². The maximum atomic E-state index is 11.0. The summed E-state index contributed by atoms with van der Waals surface area (Å²) in [5.74, 6) is 0. The third-order valence-corrected chi connectivity index (χ3v) is 4.10. The van der Waals surface area contributed by atoms with Crippen LogP contribution in [0.5, 0.6) is 0 Å². The average molecular weight is 335 g/mol. The van der Waals surface area contributed by atoms with Gasteiger partial charge in [0.1, 0.15) is 9.37 Å². The Balaban J connectivity index is 3.63. The second-order valence-corrected chi connectivity index (χ2v) is 6.20. The zero-order valence-corrected chi connectivity index (χ0v) is 10.7. The molecule has 0 atom stereocenters. The fourth-order valence-corrected chi connectivity index (χ4v) is 3.38. The van der Waals surface area contributed by atoms with Crippen molar-refractivity contribution in [3.8, 4) is 0 Å². The van der Waals surface area contributed by atoms with Crippen molar-refractivity contribution in [3.05, 3.63) is 31.7 Å². The first-order valence-corrected chi connectivity index (χ1v) is 6.79. The number of nitro benzene ring substituents is 1. The molecule has 0 aliphatic carbocycles. The molecule has 0 aromatic heterocycles. The first-order valence-electron chi connectivity index (χ1n) is 3.31. The minimum absolute atomic E-state index is 0.0795. The Morgan fingerprint density at radius 1 is 1.40 bits per heavy atom. The molecule has 0 aliphatic heterocycles. The Morgan fingerprint density at radius 3 is 2.33 bits per heavy atom. The Kier molecular flexibility index (Phi) is 3.59. The van der Waals surface area contributed by atoms with E-state index >= 15 is 0 Å². The maximum absolute atomic E-state index is 11.0. The van der Waals surface area contributed by atoms with Gasteiger partial charge < -0.3 is 0 Å². The minimum atomic E-state index is -4.08. The highest BCUT2D eigenvalue weighted by Crippen LogP contribution is 2.36. The van der Waals surface area contributed by atoms with E-state index in [2.05, 4.69) is 15.9 Å². The summed E-state index contributed by atoms with van der Waals surface area (Å²) in [4.78, 5) is 9.34. The molecule has 0 fully saturated rings. The van der Waals surface area contributed by atoms with Gasteiger partial charge in [0.05, 0.1) is 4.92 Å². The largest absolute Gasteiger partial charge is 0.286 e. The highest BCUT2D eigenvalue weighted by atomic mass is 79.9. The molecular formula is C6H2BrCl2NO4S. The van der Waals surface area contributed by atoms with Gasteiger partial charge in [0.2, 0.25) is 0 Å². The van der Waals surface area contributed by atoms with Crippen molar-refractivity contribution in [2.24, 2.45) is 0 Å². The third kappa shape index (κ3) is 2.81. The van der Waals surface area contributed by atoms with Crippen LogP contribution in [0.15, 0.2) is 21.5 Å². The molecule has 0 heterocycles. The first-order chi connectivity index (χ1) is 6.73. The van der Waals surface area contributed by atoms with Gasteiger partial charge in [-0.2, -0.15) is 0 Å². The van der Waals surface area contributed by atoms with Gasteiger partial charge in [0.25, 0.3) is 14.7 Å². The van der Waals surface area contributed by atoms with E-state index in [1.165, 1.54) is 0 Å². The molecule has 0 N–H and O–H groups in total. The molecule has 0 amide bonds. The summed E-state index contributed by atoms with van der Waals surface area (Å²) in [5.41, 5.74) is -0.457. The molecular weight excluding hydrogens is 333 g/mol. The second-order valence-electron chi connectivity index (χ2n) is 2.43. The van der Waals surface area contributed by atoms with Gasteiger partial charge in [-0.3, -0.25) is 10.1 Å². The lowest BCUT2D eigenvalue weighted by atomic mass is 10.3. The zero-order chi connectivity index (χ0) is 11.8. The van der Waals surface area contributed by atoms with Crippen molar-refractivity contribution in [3.63, 3.8) is 0 Å². The smallest absolute Gasteiger partial charge is 0.258 e. The molecule has 0 aliphatic rings. The van der Waals surface area contributed by atoms with Crippen LogP contribution in [0.4, 0.5) is 5.69 Å². The molecule has 0 unspecified atom stereocenters. The Hall–Kier alpha value is -0.370. The summed E-state index contributed by atoms with van der Waals surface area (Å²) in [6, 6.07) is 2.05. The van der Waals surface area contributed by atoms with Crippen LogP contribution in [0.1, 0.15) is 0 Å². The van der Waals surface area contributed by atoms with Crippen LogP contribution in [0.25, 0.3) is 0 Å². The van der Waals surface area contributed by atoms with Crippen molar-refractivity contribution in [2.75, 3.05) is 0 Å². The summed E-state index contributed by atoms with van der Waals surface area (Å²) >= 11 is 8.31. The number of rotatable bonds is 2. The van der Waals surface area contributed by atoms with Crippen LogP contribution < -0.4 is 0 Å². The lowest BCUT2D eigenvalue weighted by Crippen LogP contribution is -1.97. The van der Waals surface area contributed by atoms with Gasteiger partial charge in [-0.15, -0.1) is 0 Å². The van der Waals surface area contributed by atoms with E-state index in [0.29, 0.717) is 0 Å². The Bertz CT molecular complexity index is 530. The number of halogens is 3. The number of nitro groups is 1. The van der Waals surface area contributed by atoms with Gasteiger partial charge in [0, 0.05) is 21.8 Å².